The topological polar surface area (TPSA) is 36.7 Å². The van der Waals surface area contributed by atoms with Crippen molar-refractivity contribution in [3.05, 3.63) is 23.2 Å². The van der Waals surface area contributed by atoms with E-state index in [-0.39, 0.29) is 0 Å². The fourth-order valence-corrected chi connectivity index (χ4v) is 4.63. The lowest BCUT2D eigenvalue weighted by Gasteiger charge is -2.45. The molecule has 3 heterocycles. The number of imidazole rings is 1. The van der Waals surface area contributed by atoms with Crippen LogP contribution in [0.5, 0.6) is 0 Å². The zero-order chi connectivity index (χ0) is 15.8. The van der Waals surface area contributed by atoms with Crippen LogP contribution in [0.15, 0.2) is 23.2 Å². The molecule has 6 heteroatoms. The van der Waals surface area contributed by atoms with Crippen LogP contribution in [-0.4, -0.2) is 52.0 Å². The molecule has 0 spiro atoms. The highest BCUT2D eigenvalue weighted by molar-refractivity contribution is 9.10. The molecule has 2 aliphatic rings. The molecular weight excluding hydrogens is 354 g/mol. The summed E-state index contributed by atoms with van der Waals surface area (Å²) < 4.78 is 3.02. The molecule has 0 N–H and O–H groups in total. The van der Waals surface area contributed by atoms with Crippen molar-refractivity contribution in [2.24, 2.45) is 5.92 Å². The van der Waals surface area contributed by atoms with Crippen molar-refractivity contribution < 1.29 is 0 Å². The third kappa shape index (κ3) is 2.87. The second-order valence-corrected chi connectivity index (χ2v) is 7.71. The Hall–Kier alpha value is -1.14. The lowest BCUT2D eigenvalue weighted by Crippen LogP contribution is -2.56. The number of likely N-dealkylation sites (N-methyl/N-ethyl adjacent to an activating group) is 1. The zero-order valence-electron chi connectivity index (χ0n) is 13.7. The molecule has 1 saturated heterocycles. The zero-order valence-corrected chi connectivity index (χ0v) is 15.2. The van der Waals surface area contributed by atoms with Crippen LogP contribution in [0.25, 0.3) is 5.52 Å². The van der Waals surface area contributed by atoms with Crippen LogP contribution in [0.4, 0.5) is 5.95 Å². The van der Waals surface area contributed by atoms with E-state index in [1.165, 1.54) is 32.1 Å². The molecular formula is C17H24BrN5. The second-order valence-electron chi connectivity index (χ2n) is 6.96. The average molecular weight is 378 g/mol. The number of halogens is 1. The molecule has 5 nitrogen and oxygen atoms in total. The Morgan fingerprint density at radius 1 is 1.13 bits per heavy atom. The van der Waals surface area contributed by atoms with Crippen molar-refractivity contribution >= 4 is 27.4 Å². The van der Waals surface area contributed by atoms with Crippen LogP contribution in [0.3, 0.4) is 0 Å². The quantitative estimate of drug-likeness (QED) is 0.804. The SMILES string of the molecule is CN1CCN(c2nccc3c(Br)ncn23)C(C2CCCCC2)C1. The summed E-state index contributed by atoms with van der Waals surface area (Å²) >= 11 is 3.54. The van der Waals surface area contributed by atoms with Gasteiger partial charge in [0.2, 0.25) is 5.95 Å². The molecule has 1 aliphatic heterocycles. The average Bonchev–Trinajstić information content (AvgIpc) is 2.97. The van der Waals surface area contributed by atoms with Crippen molar-refractivity contribution in [2.75, 3.05) is 31.6 Å². The van der Waals surface area contributed by atoms with Crippen molar-refractivity contribution in [3.8, 4) is 0 Å². The van der Waals surface area contributed by atoms with Crippen molar-refractivity contribution in [1.82, 2.24) is 19.3 Å². The molecule has 0 aromatic carbocycles. The van der Waals surface area contributed by atoms with Gasteiger partial charge in [-0.15, -0.1) is 0 Å². The molecule has 2 fully saturated rings. The summed E-state index contributed by atoms with van der Waals surface area (Å²) in [6, 6.07) is 2.58. The minimum atomic E-state index is 0.563. The van der Waals surface area contributed by atoms with Crippen molar-refractivity contribution in [3.63, 3.8) is 0 Å². The molecule has 0 radical (unpaired) electrons. The third-order valence-corrected chi connectivity index (χ3v) is 6.08. The smallest absolute Gasteiger partial charge is 0.211 e. The second kappa shape index (κ2) is 6.40. The Morgan fingerprint density at radius 2 is 1.96 bits per heavy atom. The molecule has 1 unspecified atom stereocenters. The molecule has 2 aromatic rings. The van der Waals surface area contributed by atoms with Gasteiger partial charge < -0.3 is 9.80 Å². The molecule has 4 rings (SSSR count). The van der Waals surface area contributed by atoms with E-state index in [0.29, 0.717) is 6.04 Å². The Labute approximate surface area is 145 Å². The molecule has 1 atom stereocenters. The fraction of sp³-hybridized carbons (Fsp3) is 0.647. The number of fused-ring (bicyclic) bond motifs is 1. The highest BCUT2D eigenvalue weighted by atomic mass is 79.9. The van der Waals surface area contributed by atoms with Crippen LogP contribution in [0.1, 0.15) is 32.1 Å². The summed E-state index contributed by atoms with van der Waals surface area (Å²) in [5.41, 5.74) is 1.09. The minimum absolute atomic E-state index is 0.563. The van der Waals surface area contributed by atoms with Gasteiger partial charge in [0.1, 0.15) is 10.9 Å². The van der Waals surface area contributed by atoms with Gasteiger partial charge >= 0.3 is 0 Å². The maximum Gasteiger partial charge on any atom is 0.211 e. The van der Waals surface area contributed by atoms with Gasteiger partial charge in [-0.1, -0.05) is 19.3 Å². The van der Waals surface area contributed by atoms with Gasteiger partial charge in [-0.25, -0.2) is 9.97 Å². The van der Waals surface area contributed by atoms with Crippen LogP contribution in [0, 0.1) is 5.92 Å². The first kappa shape index (κ1) is 15.4. The van der Waals surface area contributed by atoms with Crippen molar-refractivity contribution in [2.45, 2.75) is 38.1 Å². The molecule has 23 heavy (non-hydrogen) atoms. The first-order valence-electron chi connectivity index (χ1n) is 8.67. The molecule has 124 valence electrons. The van der Waals surface area contributed by atoms with E-state index in [9.17, 15) is 0 Å². The van der Waals surface area contributed by atoms with Gasteiger partial charge in [-0.2, -0.15) is 0 Å². The van der Waals surface area contributed by atoms with E-state index in [4.69, 9.17) is 4.98 Å². The highest BCUT2D eigenvalue weighted by Gasteiger charge is 2.34. The summed E-state index contributed by atoms with van der Waals surface area (Å²) in [5, 5.41) is 0. The van der Waals surface area contributed by atoms with Crippen LogP contribution in [0.2, 0.25) is 0 Å². The van der Waals surface area contributed by atoms with Gasteiger partial charge in [-0.05, 0) is 47.8 Å². The fourth-order valence-electron chi connectivity index (χ4n) is 4.22. The molecule has 0 amide bonds. The van der Waals surface area contributed by atoms with E-state index in [1.54, 1.807) is 0 Å². The van der Waals surface area contributed by atoms with E-state index >= 15 is 0 Å². The Morgan fingerprint density at radius 3 is 2.78 bits per heavy atom. The number of piperazine rings is 1. The maximum atomic E-state index is 4.72. The van der Waals surface area contributed by atoms with E-state index < -0.39 is 0 Å². The monoisotopic (exact) mass is 377 g/mol. The van der Waals surface area contributed by atoms with Crippen molar-refractivity contribution in [1.29, 1.82) is 0 Å². The standard InChI is InChI=1S/C17H24BrN5/c1-21-9-10-22(15(11-21)13-5-3-2-4-6-13)17-19-8-7-14-16(18)20-12-23(14)17/h7-8,12-13,15H,2-6,9-11H2,1H3. The molecule has 1 saturated carbocycles. The van der Waals surface area contributed by atoms with Gasteiger partial charge in [0, 0.05) is 31.9 Å². The predicted octanol–water partition coefficient (Wildman–Crippen LogP) is 3.19. The number of hydrogen-bond donors (Lipinski definition) is 0. The van der Waals surface area contributed by atoms with E-state index in [2.05, 4.69) is 42.2 Å². The third-order valence-electron chi connectivity index (χ3n) is 5.47. The largest absolute Gasteiger partial charge is 0.336 e. The number of anilines is 1. The lowest BCUT2D eigenvalue weighted by molar-refractivity contribution is 0.193. The Balaban J connectivity index is 1.71. The molecule has 2 aromatic heterocycles. The van der Waals surface area contributed by atoms with Gasteiger partial charge in [-0.3, -0.25) is 4.40 Å². The number of hydrogen-bond acceptors (Lipinski definition) is 4. The Kier molecular flexibility index (Phi) is 4.28. The van der Waals surface area contributed by atoms with Crippen LogP contribution >= 0.6 is 15.9 Å². The van der Waals surface area contributed by atoms with Gasteiger partial charge in [0.25, 0.3) is 0 Å². The minimum Gasteiger partial charge on any atom is -0.336 e. The summed E-state index contributed by atoms with van der Waals surface area (Å²) in [7, 11) is 2.25. The van der Waals surface area contributed by atoms with E-state index in [1.807, 2.05) is 18.6 Å². The first-order chi connectivity index (χ1) is 11.2. The van der Waals surface area contributed by atoms with Crippen LogP contribution in [-0.2, 0) is 0 Å². The predicted molar refractivity (Wildman–Crippen MR) is 95.9 cm³/mol. The van der Waals surface area contributed by atoms with E-state index in [0.717, 1.165) is 41.6 Å². The normalized spacial score (nSPS) is 24.4. The highest BCUT2D eigenvalue weighted by Crippen LogP contribution is 2.33. The summed E-state index contributed by atoms with van der Waals surface area (Å²) in [6.45, 7) is 3.27. The summed E-state index contributed by atoms with van der Waals surface area (Å²) in [4.78, 5) is 14.1. The van der Waals surface area contributed by atoms with Crippen LogP contribution < -0.4 is 4.90 Å². The first-order valence-corrected chi connectivity index (χ1v) is 9.46. The summed E-state index contributed by atoms with van der Waals surface area (Å²) in [5.74, 6) is 1.83. The molecule has 0 bridgehead atoms. The van der Waals surface area contributed by atoms with Gasteiger partial charge in [0.15, 0.2) is 0 Å². The molecule has 1 aliphatic carbocycles. The maximum absolute atomic E-state index is 4.72. The Bertz CT molecular complexity index is 679. The number of aromatic nitrogens is 3. The number of rotatable bonds is 2. The summed E-state index contributed by atoms with van der Waals surface area (Å²) in [6.07, 6.45) is 10.7. The van der Waals surface area contributed by atoms with Gasteiger partial charge in [0.05, 0.1) is 5.52 Å². The lowest BCUT2D eigenvalue weighted by atomic mass is 9.82. The number of nitrogens with zero attached hydrogens (tertiary/aromatic N) is 5.